The van der Waals surface area contributed by atoms with Crippen molar-refractivity contribution in [3.05, 3.63) is 57.3 Å². The van der Waals surface area contributed by atoms with Gasteiger partial charge in [0, 0.05) is 38.1 Å². The van der Waals surface area contributed by atoms with Crippen molar-refractivity contribution < 1.29 is 4.79 Å². The van der Waals surface area contributed by atoms with Gasteiger partial charge >= 0.3 is 0 Å². The number of pyridine rings is 1. The van der Waals surface area contributed by atoms with Crippen LogP contribution < -0.4 is 10.6 Å². The highest BCUT2D eigenvalue weighted by Gasteiger charge is 2.25. The molecule has 2 heterocycles. The van der Waals surface area contributed by atoms with Crippen LogP contribution in [0.4, 0.5) is 5.69 Å². The van der Waals surface area contributed by atoms with Crippen LogP contribution in [0.3, 0.4) is 0 Å². The Morgan fingerprint density at radius 3 is 2.77 bits per heavy atom. The van der Waals surface area contributed by atoms with Crippen molar-refractivity contribution in [2.24, 2.45) is 0 Å². The number of nitrogens with one attached hydrogen (secondary N) is 2. The van der Waals surface area contributed by atoms with E-state index in [1.54, 1.807) is 12.3 Å². The van der Waals surface area contributed by atoms with Crippen LogP contribution in [0, 0.1) is 0 Å². The number of benzene rings is 1. The summed E-state index contributed by atoms with van der Waals surface area (Å²) < 4.78 is 0. The molecule has 1 amide bonds. The van der Waals surface area contributed by atoms with Gasteiger partial charge < -0.3 is 10.6 Å². The summed E-state index contributed by atoms with van der Waals surface area (Å²) in [5.41, 5.74) is 1.53. The van der Waals surface area contributed by atoms with E-state index in [1.807, 2.05) is 18.3 Å². The lowest BCUT2D eigenvalue weighted by atomic mass is 10.1. The summed E-state index contributed by atoms with van der Waals surface area (Å²) in [6.45, 7) is 2.62. The molecule has 1 fully saturated rings. The van der Waals surface area contributed by atoms with Crippen molar-refractivity contribution in [3.63, 3.8) is 0 Å². The number of anilines is 1. The number of halogens is 4. The molecular formula is C17H18Cl4N4O. The van der Waals surface area contributed by atoms with Crippen LogP contribution >= 0.6 is 47.2 Å². The fourth-order valence-electron chi connectivity index (χ4n) is 2.83. The summed E-state index contributed by atoms with van der Waals surface area (Å²) in [6.07, 6.45) is 3.57. The number of amides is 1. The first-order valence-corrected chi connectivity index (χ1v) is 8.97. The van der Waals surface area contributed by atoms with Gasteiger partial charge in [0.1, 0.15) is 0 Å². The normalized spacial score (nSPS) is 17.4. The van der Waals surface area contributed by atoms with E-state index < -0.39 is 0 Å². The van der Waals surface area contributed by atoms with Gasteiger partial charge in [-0.05, 0) is 23.8 Å². The van der Waals surface area contributed by atoms with Crippen LogP contribution in [0.5, 0.6) is 0 Å². The number of rotatable bonds is 4. The zero-order valence-electron chi connectivity index (χ0n) is 13.7. The molecule has 0 radical (unpaired) electrons. The molecule has 0 saturated carbocycles. The topological polar surface area (TPSA) is 57.3 Å². The largest absolute Gasteiger partial charge is 0.324 e. The van der Waals surface area contributed by atoms with Gasteiger partial charge in [0.05, 0.1) is 27.3 Å². The molecule has 1 aliphatic rings. The lowest BCUT2D eigenvalue weighted by molar-refractivity contribution is -0.118. The van der Waals surface area contributed by atoms with Crippen molar-refractivity contribution in [1.29, 1.82) is 0 Å². The van der Waals surface area contributed by atoms with Gasteiger partial charge in [0.25, 0.3) is 0 Å². The van der Waals surface area contributed by atoms with Crippen LogP contribution in [0.15, 0.2) is 36.7 Å². The molecule has 26 heavy (non-hydrogen) atoms. The molecule has 9 heteroatoms. The molecule has 5 nitrogen and oxygen atoms in total. The minimum Gasteiger partial charge on any atom is -0.324 e. The molecule has 1 saturated heterocycles. The van der Waals surface area contributed by atoms with E-state index in [-0.39, 0.29) is 30.9 Å². The number of carbonyl (C=O) groups is 1. The van der Waals surface area contributed by atoms with E-state index in [1.165, 1.54) is 6.07 Å². The molecule has 1 atom stereocenters. The second kappa shape index (κ2) is 9.74. The maximum Gasteiger partial charge on any atom is 0.238 e. The minimum atomic E-state index is -0.156. The van der Waals surface area contributed by atoms with Crippen molar-refractivity contribution in [2.75, 3.05) is 31.5 Å². The van der Waals surface area contributed by atoms with Gasteiger partial charge in [-0.15, -0.1) is 12.4 Å². The third-order valence-corrected chi connectivity index (χ3v) is 5.09. The zero-order valence-corrected chi connectivity index (χ0v) is 16.8. The van der Waals surface area contributed by atoms with Crippen LogP contribution in [-0.4, -0.2) is 42.0 Å². The molecule has 1 aromatic carbocycles. The Morgan fingerprint density at radius 2 is 2.04 bits per heavy atom. The van der Waals surface area contributed by atoms with Gasteiger partial charge in [-0.2, -0.15) is 0 Å². The third-order valence-electron chi connectivity index (χ3n) is 4.05. The number of piperazine rings is 1. The smallest absolute Gasteiger partial charge is 0.238 e. The van der Waals surface area contributed by atoms with Gasteiger partial charge in [0.15, 0.2) is 0 Å². The Bertz CT molecular complexity index is 760. The van der Waals surface area contributed by atoms with E-state index in [9.17, 15) is 4.79 Å². The zero-order chi connectivity index (χ0) is 17.8. The molecule has 2 aromatic rings. The summed E-state index contributed by atoms with van der Waals surface area (Å²) in [4.78, 5) is 18.8. The van der Waals surface area contributed by atoms with Crippen molar-refractivity contribution in [1.82, 2.24) is 15.2 Å². The molecule has 2 N–H and O–H groups in total. The molecule has 140 valence electrons. The summed E-state index contributed by atoms with van der Waals surface area (Å²) >= 11 is 18.0. The number of nitrogens with zero attached hydrogens (tertiary/aromatic N) is 2. The number of hydrogen-bond acceptors (Lipinski definition) is 4. The molecule has 0 spiro atoms. The quantitative estimate of drug-likeness (QED) is 0.711. The first-order valence-electron chi connectivity index (χ1n) is 7.83. The van der Waals surface area contributed by atoms with Crippen LogP contribution in [0.2, 0.25) is 15.1 Å². The molecule has 0 bridgehead atoms. The van der Waals surface area contributed by atoms with Crippen molar-refractivity contribution >= 4 is 58.8 Å². The maximum absolute atomic E-state index is 12.5. The van der Waals surface area contributed by atoms with Crippen LogP contribution in [0.1, 0.15) is 11.6 Å². The highest BCUT2D eigenvalue weighted by molar-refractivity contribution is 6.44. The number of aromatic nitrogens is 1. The van der Waals surface area contributed by atoms with Crippen LogP contribution in [0.25, 0.3) is 0 Å². The second-order valence-corrected chi connectivity index (χ2v) is 6.99. The van der Waals surface area contributed by atoms with Crippen molar-refractivity contribution in [3.8, 4) is 0 Å². The van der Waals surface area contributed by atoms with E-state index in [2.05, 4.69) is 20.5 Å². The highest BCUT2D eigenvalue weighted by atomic mass is 35.5. The Hall–Kier alpha value is -1.08. The number of carbonyl (C=O) groups excluding carboxylic acids is 1. The summed E-state index contributed by atoms with van der Waals surface area (Å²) in [7, 11) is 0. The van der Waals surface area contributed by atoms with Gasteiger partial charge in [-0.3, -0.25) is 14.7 Å². The molecule has 1 unspecified atom stereocenters. The van der Waals surface area contributed by atoms with E-state index >= 15 is 0 Å². The standard InChI is InChI=1S/C17H17Cl3N4O.ClH/c18-12-6-14(20)15(7-13(12)19)23-17(25)10-24-5-4-22-9-16(24)11-2-1-3-21-8-11;/h1-3,6-8,16,22H,4-5,9-10H2,(H,23,25);1H. The average Bonchev–Trinajstić information content (AvgIpc) is 2.61. The summed E-state index contributed by atoms with van der Waals surface area (Å²) in [5.74, 6) is -0.156. The summed E-state index contributed by atoms with van der Waals surface area (Å²) in [5, 5.41) is 7.21. The monoisotopic (exact) mass is 434 g/mol. The Kier molecular flexibility index (Phi) is 7.95. The molecule has 1 aliphatic heterocycles. The van der Waals surface area contributed by atoms with Gasteiger partial charge in [-0.1, -0.05) is 40.9 Å². The second-order valence-electron chi connectivity index (χ2n) is 5.77. The lowest BCUT2D eigenvalue weighted by Gasteiger charge is -2.35. The molecular weight excluding hydrogens is 418 g/mol. The van der Waals surface area contributed by atoms with Gasteiger partial charge in [0.2, 0.25) is 5.91 Å². The lowest BCUT2D eigenvalue weighted by Crippen LogP contribution is -2.48. The predicted molar refractivity (Wildman–Crippen MR) is 109 cm³/mol. The Balaban J connectivity index is 0.00000243. The van der Waals surface area contributed by atoms with E-state index in [4.69, 9.17) is 34.8 Å². The fraction of sp³-hybridized carbons (Fsp3) is 0.294. The maximum atomic E-state index is 12.5. The van der Waals surface area contributed by atoms with E-state index in [0.29, 0.717) is 20.8 Å². The summed E-state index contributed by atoms with van der Waals surface area (Å²) in [6, 6.07) is 7.09. The molecule has 3 rings (SSSR count). The van der Waals surface area contributed by atoms with Crippen LogP contribution in [-0.2, 0) is 4.79 Å². The SMILES string of the molecule is Cl.O=C(CN1CCNCC1c1cccnc1)Nc1cc(Cl)c(Cl)cc1Cl. The Labute approximate surface area is 173 Å². The average molecular weight is 436 g/mol. The molecule has 1 aromatic heterocycles. The predicted octanol–water partition coefficient (Wildman–Crippen LogP) is 4.05. The first-order chi connectivity index (χ1) is 12.0. The van der Waals surface area contributed by atoms with E-state index in [0.717, 1.165) is 25.2 Å². The third kappa shape index (κ3) is 5.22. The number of hydrogen-bond donors (Lipinski definition) is 2. The van der Waals surface area contributed by atoms with Crippen molar-refractivity contribution in [2.45, 2.75) is 6.04 Å². The highest BCUT2D eigenvalue weighted by Crippen LogP contribution is 2.32. The minimum absolute atomic E-state index is 0. The fourth-order valence-corrected chi connectivity index (χ4v) is 3.42. The van der Waals surface area contributed by atoms with Gasteiger partial charge in [-0.25, -0.2) is 0 Å². The first kappa shape index (κ1) is 21.2. The molecule has 0 aliphatic carbocycles. The Morgan fingerprint density at radius 1 is 1.27 bits per heavy atom.